The first-order valence-corrected chi connectivity index (χ1v) is 7.57. The van der Waals surface area contributed by atoms with Gasteiger partial charge in [-0.1, -0.05) is 17.7 Å². The second-order valence-corrected chi connectivity index (χ2v) is 6.44. The molecule has 0 unspecified atom stereocenters. The van der Waals surface area contributed by atoms with Crippen LogP contribution in [0.1, 0.15) is 18.4 Å². The Hall–Kier alpha value is -0.620. The highest BCUT2D eigenvalue weighted by molar-refractivity contribution is 7.86. The summed E-state index contributed by atoms with van der Waals surface area (Å²) in [6.07, 6.45) is 1.34. The van der Waals surface area contributed by atoms with Crippen molar-refractivity contribution in [2.24, 2.45) is 0 Å². The first-order valence-electron chi connectivity index (χ1n) is 6.16. The second kappa shape index (κ2) is 6.70. The number of piperidine rings is 1. The summed E-state index contributed by atoms with van der Waals surface area (Å²) < 4.78 is 29.4. The molecule has 0 amide bonds. The van der Waals surface area contributed by atoms with Gasteiger partial charge in [-0.2, -0.15) is 8.42 Å². The fourth-order valence-electron chi connectivity index (χ4n) is 2.02. The Morgan fingerprint density at radius 1 is 1.16 bits per heavy atom. The van der Waals surface area contributed by atoms with Gasteiger partial charge in [0.1, 0.15) is 0 Å². The minimum Gasteiger partial charge on any atom is -0.306 e. The van der Waals surface area contributed by atoms with E-state index in [4.69, 9.17) is 4.18 Å². The Morgan fingerprint density at radius 3 is 2.21 bits per heavy atom. The van der Waals surface area contributed by atoms with Gasteiger partial charge >= 0.3 is 0 Å². The van der Waals surface area contributed by atoms with Crippen molar-refractivity contribution in [1.29, 1.82) is 0 Å². The Balaban J connectivity index is 0.00000180. The number of rotatable bonds is 3. The Bertz CT molecular complexity index is 493. The molecular weight excluding hydrogens is 286 g/mol. The summed E-state index contributed by atoms with van der Waals surface area (Å²) in [5.41, 5.74) is 1.04. The van der Waals surface area contributed by atoms with Crippen molar-refractivity contribution in [1.82, 2.24) is 4.90 Å². The van der Waals surface area contributed by atoms with Crippen molar-refractivity contribution < 1.29 is 12.6 Å². The summed E-state index contributed by atoms with van der Waals surface area (Å²) in [6.45, 7) is 3.69. The molecule has 0 saturated carbocycles. The predicted octanol–water partition coefficient (Wildman–Crippen LogP) is 2.22. The van der Waals surface area contributed by atoms with Crippen LogP contribution in [0.25, 0.3) is 0 Å². The van der Waals surface area contributed by atoms with E-state index in [-0.39, 0.29) is 23.4 Å². The lowest BCUT2D eigenvalue weighted by Crippen LogP contribution is -2.35. The summed E-state index contributed by atoms with van der Waals surface area (Å²) in [4.78, 5) is 2.42. The summed E-state index contributed by atoms with van der Waals surface area (Å²) in [5, 5.41) is 0. The first kappa shape index (κ1) is 16.4. The third kappa shape index (κ3) is 4.45. The largest absolute Gasteiger partial charge is 0.306 e. The number of hydrogen-bond acceptors (Lipinski definition) is 4. The van der Waals surface area contributed by atoms with E-state index in [0.29, 0.717) is 0 Å². The zero-order valence-corrected chi connectivity index (χ0v) is 12.8. The van der Waals surface area contributed by atoms with Crippen molar-refractivity contribution in [3.05, 3.63) is 29.8 Å². The van der Waals surface area contributed by atoms with E-state index in [1.807, 2.05) is 14.0 Å². The van der Waals surface area contributed by atoms with Gasteiger partial charge in [-0.05, 0) is 38.9 Å². The fraction of sp³-hybridized carbons (Fsp3) is 0.538. The van der Waals surface area contributed by atoms with Gasteiger partial charge in [0.15, 0.2) is 0 Å². The average molecular weight is 306 g/mol. The molecule has 1 fully saturated rings. The molecule has 108 valence electrons. The van der Waals surface area contributed by atoms with Crippen molar-refractivity contribution in [3.63, 3.8) is 0 Å². The highest BCUT2D eigenvalue weighted by Crippen LogP contribution is 2.20. The van der Waals surface area contributed by atoms with Crippen molar-refractivity contribution in [3.8, 4) is 0 Å². The summed E-state index contributed by atoms with van der Waals surface area (Å²) >= 11 is 0. The molecular formula is C13H20ClNO3S. The number of hydrogen-bond donors (Lipinski definition) is 0. The molecule has 0 bridgehead atoms. The monoisotopic (exact) mass is 305 g/mol. The van der Waals surface area contributed by atoms with Gasteiger partial charge in [-0.25, -0.2) is 0 Å². The Kier molecular flexibility index (Phi) is 5.80. The third-order valence-electron chi connectivity index (χ3n) is 3.24. The van der Waals surface area contributed by atoms with Gasteiger partial charge in [0.05, 0.1) is 11.0 Å². The molecule has 2 rings (SSSR count). The molecule has 0 radical (unpaired) electrons. The van der Waals surface area contributed by atoms with Crippen LogP contribution < -0.4 is 0 Å². The SMILES string of the molecule is Cc1ccc(S(=O)(=O)OC2CCN(C)CC2)cc1.Cl. The summed E-state index contributed by atoms with van der Waals surface area (Å²) in [5.74, 6) is 0. The molecule has 1 aliphatic heterocycles. The van der Waals surface area contributed by atoms with E-state index in [1.54, 1.807) is 24.3 Å². The molecule has 1 heterocycles. The van der Waals surface area contributed by atoms with Gasteiger partial charge < -0.3 is 4.90 Å². The molecule has 1 aromatic rings. The lowest BCUT2D eigenvalue weighted by Gasteiger charge is -2.28. The average Bonchev–Trinajstić information content (AvgIpc) is 2.32. The molecule has 1 aliphatic rings. The molecule has 19 heavy (non-hydrogen) atoms. The molecule has 0 spiro atoms. The molecule has 4 nitrogen and oxygen atoms in total. The quantitative estimate of drug-likeness (QED) is 0.803. The number of aryl methyl sites for hydroxylation is 1. The van der Waals surface area contributed by atoms with E-state index in [2.05, 4.69) is 4.90 Å². The normalized spacial score (nSPS) is 18.0. The maximum Gasteiger partial charge on any atom is 0.297 e. The van der Waals surface area contributed by atoms with Gasteiger partial charge in [0.25, 0.3) is 10.1 Å². The van der Waals surface area contributed by atoms with Crippen molar-refractivity contribution in [2.75, 3.05) is 20.1 Å². The summed E-state index contributed by atoms with van der Waals surface area (Å²) in [6, 6.07) is 6.76. The van der Waals surface area contributed by atoms with Crippen LogP contribution in [0.3, 0.4) is 0 Å². The van der Waals surface area contributed by atoms with Crippen LogP contribution in [0.2, 0.25) is 0 Å². The predicted molar refractivity (Wildman–Crippen MR) is 77.2 cm³/mol. The Morgan fingerprint density at radius 2 is 1.68 bits per heavy atom. The molecule has 0 atom stereocenters. The molecule has 0 aromatic heterocycles. The van der Waals surface area contributed by atoms with Crippen LogP contribution in [0.4, 0.5) is 0 Å². The maximum atomic E-state index is 12.1. The minimum atomic E-state index is -3.61. The zero-order valence-electron chi connectivity index (χ0n) is 11.2. The smallest absolute Gasteiger partial charge is 0.297 e. The first-order chi connectivity index (χ1) is 8.47. The van der Waals surface area contributed by atoms with Crippen molar-refractivity contribution in [2.45, 2.75) is 30.8 Å². The molecule has 0 N–H and O–H groups in total. The van der Waals surface area contributed by atoms with Gasteiger partial charge in [0, 0.05) is 13.1 Å². The number of nitrogens with zero attached hydrogens (tertiary/aromatic N) is 1. The molecule has 1 aromatic carbocycles. The number of likely N-dealkylation sites (tertiary alicyclic amines) is 1. The van der Waals surface area contributed by atoms with Crippen LogP contribution in [0, 0.1) is 6.92 Å². The number of halogens is 1. The van der Waals surface area contributed by atoms with Gasteiger partial charge in [-0.3, -0.25) is 4.18 Å². The standard InChI is InChI=1S/C13H19NO3S.ClH/c1-11-3-5-13(6-4-11)18(15,16)17-12-7-9-14(2)10-8-12;/h3-6,12H,7-10H2,1-2H3;1H. The highest BCUT2D eigenvalue weighted by atomic mass is 35.5. The van der Waals surface area contributed by atoms with Crippen LogP contribution in [0.15, 0.2) is 29.2 Å². The third-order valence-corrected chi connectivity index (χ3v) is 4.61. The topological polar surface area (TPSA) is 46.6 Å². The van der Waals surface area contributed by atoms with Crippen LogP contribution in [0.5, 0.6) is 0 Å². The molecule has 0 aliphatic carbocycles. The van der Waals surface area contributed by atoms with Crippen LogP contribution in [-0.4, -0.2) is 39.6 Å². The van der Waals surface area contributed by atoms with Crippen LogP contribution in [-0.2, 0) is 14.3 Å². The van der Waals surface area contributed by atoms with E-state index in [9.17, 15) is 8.42 Å². The maximum absolute atomic E-state index is 12.1. The van der Waals surface area contributed by atoms with E-state index >= 15 is 0 Å². The number of benzene rings is 1. The minimum absolute atomic E-state index is 0. The van der Waals surface area contributed by atoms with Gasteiger partial charge in [0.2, 0.25) is 0 Å². The van der Waals surface area contributed by atoms with E-state index in [1.165, 1.54) is 0 Å². The molecule has 1 saturated heterocycles. The fourth-order valence-corrected chi connectivity index (χ4v) is 3.15. The second-order valence-electron chi connectivity index (χ2n) is 4.87. The van der Waals surface area contributed by atoms with Crippen molar-refractivity contribution >= 4 is 22.5 Å². The Labute approximate surface area is 121 Å². The molecule has 6 heteroatoms. The highest BCUT2D eigenvalue weighted by Gasteiger charge is 2.24. The van der Waals surface area contributed by atoms with Crippen LogP contribution >= 0.6 is 12.4 Å². The van der Waals surface area contributed by atoms with E-state index in [0.717, 1.165) is 31.5 Å². The lowest BCUT2D eigenvalue weighted by atomic mass is 10.1. The lowest BCUT2D eigenvalue weighted by molar-refractivity contribution is 0.120. The summed E-state index contributed by atoms with van der Waals surface area (Å²) in [7, 11) is -1.58. The zero-order chi connectivity index (χ0) is 13.2. The van der Waals surface area contributed by atoms with Gasteiger partial charge in [-0.15, -0.1) is 12.4 Å². The van der Waals surface area contributed by atoms with E-state index < -0.39 is 10.1 Å².